The second kappa shape index (κ2) is 11.2. The highest BCUT2D eigenvalue weighted by molar-refractivity contribution is 5.96. The molecule has 2 heterocycles. The van der Waals surface area contributed by atoms with Gasteiger partial charge < -0.3 is 20.1 Å². The lowest BCUT2D eigenvalue weighted by atomic mass is 10.1. The first-order valence-corrected chi connectivity index (χ1v) is 12.0. The Morgan fingerprint density at radius 3 is 2.50 bits per heavy atom. The summed E-state index contributed by atoms with van der Waals surface area (Å²) < 4.78 is 12.3. The van der Waals surface area contributed by atoms with E-state index < -0.39 is 23.2 Å². The van der Waals surface area contributed by atoms with Crippen molar-refractivity contribution in [2.24, 2.45) is 5.73 Å². The number of ether oxygens (including phenoxy) is 2. The zero-order valence-corrected chi connectivity index (χ0v) is 20.3. The van der Waals surface area contributed by atoms with E-state index in [-0.39, 0.29) is 29.6 Å². The Hall–Kier alpha value is -3.92. The molecule has 0 saturated carbocycles. The molecule has 0 spiro atoms. The molecular weight excluding hydrogens is 464 g/mol. The van der Waals surface area contributed by atoms with Crippen LogP contribution in [0.5, 0.6) is 5.75 Å². The molecule has 10 nitrogen and oxygen atoms in total. The van der Waals surface area contributed by atoms with Crippen molar-refractivity contribution < 1.29 is 19.1 Å². The number of benzene rings is 2. The van der Waals surface area contributed by atoms with E-state index in [1.807, 2.05) is 0 Å². The normalized spacial score (nSPS) is 14.0. The van der Waals surface area contributed by atoms with Gasteiger partial charge in [-0.2, -0.15) is 0 Å². The maximum Gasteiger partial charge on any atom is 0.340 e. The number of aromatic nitrogens is 2. The molecular formula is C26H30N4O6. The lowest BCUT2D eigenvalue weighted by Gasteiger charge is -2.26. The molecule has 0 atom stereocenters. The summed E-state index contributed by atoms with van der Waals surface area (Å²) in [6, 6.07) is 10.0. The number of hydrogen-bond acceptors (Lipinski definition) is 7. The smallest absolute Gasteiger partial charge is 0.340 e. The quantitative estimate of drug-likeness (QED) is 0.376. The van der Waals surface area contributed by atoms with Crippen LogP contribution in [0.15, 0.2) is 52.1 Å². The van der Waals surface area contributed by atoms with Crippen LogP contribution in [0.4, 0.5) is 4.79 Å². The summed E-state index contributed by atoms with van der Waals surface area (Å²) in [4.78, 5) is 53.6. The van der Waals surface area contributed by atoms with Gasteiger partial charge in [0.2, 0.25) is 0 Å². The third-order valence-electron chi connectivity index (χ3n) is 6.41. The number of amides is 1. The summed E-state index contributed by atoms with van der Waals surface area (Å²) in [5.74, 6) is -0.106. The van der Waals surface area contributed by atoms with E-state index in [9.17, 15) is 19.2 Å². The van der Waals surface area contributed by atoms with Crippen LogP contribution in [0, 0.1) is 0 Å². The maximum atomic E-state index is 13.2. The maximum absolute atomic E-state index is 13.2. The molecule has 0 unspecified atom stereocenters. The Bertz CT molecular complexity index is 1390. The van der Waals surface area contributed by atoms with Gasteiger partial charge in [0.25, 0.3) is 5.56 Å². The number of rotatable bonds is 8. The summed E-state index contributed by atoms with van der Waals surface area (Å²) in [5.41, 5.74) is 4.65. The Morgan fingerprint density at radius 2 is 1.78 bits per heavy atom. The van der Waals surface area contributed by atoms with Crippen LogP contribution in [0.1, 0.15) is 41.6 Å². The number of primary amides is 1. The third kappa shape index (κ3) is 5.33. The van der Waals surface area contributed by atoms with Gasteiger partial charge in [0.05, 0.1) is 36.7 Å². The number of methoxy groups -OCH3 is 1. The highest BCUT2D eigenvalue weighted by Crippen LogP contribution is 2.18. The summed E-state index contributed by atoms with van der Waals surface area (Å²) in [5, 5.41) is 0.0740. The molecule has 1 aromatic heterocycles. The largest absolute Gasteiger partial charge is 0.496 e. The Labute approximate surface area is 207 Å². The number of piperidine rings is 1. The number of esters is 1. The average molecular weight is 495 g/mol. The predicted octanol–water partition coefficient (Wildman–Crippen LogP) is 2.18. The van der Waals surface area contributed by atoms with E-state index in [0.717, 1.165) is 24.2 Å². The first kappa shape index (κ1) is 25.2. The summed E-state index contributed by atoms with van der Waals surface area (Å²) in [6.07, 6.45) is 4.35. The summed E-state index contributed by atoms with van der Waals surface area (Å²) in [7, 11) is 1.48. The standard InChI is InChI=1S/C26H30N4O6/c1-35-22-9-4-3-8-19(22)17-29-23(31)20-11-10-18(16-21(20)30(25(27)33)26(29)34)24(32)36-15-7-14-28-12-5-2-6-13-28/h3-4,8-11,16H,2,5-7,12-15,17H2,1H3,(H2,27,33). The van der Waals surface area contributed by atoms with Gasteiger partial charge in [0.1, 0.15) is 5.75 Å². The minimum absolute atomic E-state index is 0.0449. The van der Waals surface area contributed by atoms with Crippen LogP contribution in [0.3, 0.4) is 0 Å². The molecule has 1 aliphatic heterocycles. The molecule has 36 heavy (non-hydrogen) atoms. The molecule has 1 aliphatic rings. The van der Waals surface area contributed by atoms with Crippen molar-refractivity contribution in [3.05, 3.63) is 74.4 Å². The van der Waals surface area contributed by atoms with Crippen molar-refractivity contribution in [1.82, 2.24) is 14.0 Å². The number of hydrogen-bond donors (Lipinski definition) is 1. The lowest BCUT2D eigenvalue weighted by molar-refractivity contribution is 0.0485. The van der Waals surface area contributed by atoms with Crippen LogP contribution in [0.25, 0.3) is 10.9 Å². The van der Waals surface area contributed by atoms with Crippen LogP contribution in [-0.4, -0.2) is 59.4 Å². The fourth-order valence-electron chi connectivity index (χ4n) is 4.56. The van der Waals surface area contributed by atoms with Gasteiger partial charge in [-0.1, -0.05) is 24.6 Å². The molecule has 2 N–H and O–H groups in total. The van der Waals surface area contributed by atoms with Gasteiger partial charge in [0.15, 0.2) is 0 Å². The second-order valence-electron chi connectivity index (χ2n) is 8.78. The molecule has 1 saturated heterocycles. The number of carbonyl (C=O) groups is 2. The topological polar surface area (TPSA) is 126 Å². The molecule has 190 valence electrons. The highest BCUT2D eigenvalue weighted by atomic mass is 16.5. The molecule has 4 rings (SSSR count). The number of nitrogens with zero attached hydrogens (tertiary/aromatic N) is 3. The zero-order valence-electron chi connectivity index (χ0n) is 20.3. The molecule has 2 aromatic carbocycles. The van der Waals surface area contributed by atoms with E-state index in [1.54, 1.807) is 24.3 Å². The number of likely N-dealkylation sites (tertiary alicyclic amines) is 1. The molecule has 3 aromatic rings. The fourth-order valence-corrected chi connectivity index (χ4v) is 4.56. The van der Waals surface area contributed by atoms with E-state index in [0.29, 0.717) is 22.3 Å². The highest BCUT2D eigenvalue weighted by Gasteiger charge is 2.20. The van der Waals surface area contributed by atoms with Crippen LogP contribution >= 0.6 is 0 Å². The molecule has 10 heteroatoms. The minimum atomic E-state index is -1.06. The van der Waals surface area contributed by atoms with E-state index in [2.05, 4.69) is 4.90 Å². The van der Waals surface area contributed by atoms with Crippen LogP contribution < -0.4 is 21.7 Å². The Balaban J connectivity index is 1.60. The fraction of sp³-hybridized carbons (Fsp3) is 0.385. The zero-order chi connectivity index (χ0) is 25.7. The predicted molar refractivity (Wildman–Crippen MR) is 135 cm³/mol. The molecule has 1 fully saturated rings. The van der Waals surface area contributed by atoms with Gasteiger partial charge >= 0.3 is 17.7 Å². The van der Waals surface area contributed by atoms with Gasteiger partial charge in [-0.25, -0.2) is 19.0 Å². The van der Waals surface area contributed by atoms with E-state index >= 15 is 0 Å². The molecule has 0 radical (unpaired) electrons. The Morgan fingerprint density at radius 1 is 1.03 bits per heavy atom. The number of nitrogens with two attached hydrogens (primary N) is 1. The number of fused-ring (bicyclic) bond motifs is 1. The molecule has 1 amide bonds. The van der Waals surface area contributed by atoms with Crippen molar-refractivity contribution in [2.45, 2.75) is 32.2 Å². The minimum Gasteiger partial charge on any atom is -0.496 e. The van der Waals surface area contributed by atoms with Crippen molar-refractivity contribution in [2.75, 3.05) is 33.4 Å². The summed E-state index contributed by atoms with van der Waals surface area (Å²) in [6.45, 7) is 3.12. The summed E-state index contributed by atoms with van der Waals surface area (Å²) >= 11 is 0. The van der Waals surface area contributed by atoms with Crippen LogP contribution in [0.2, 0.25) is 0 Å². The molecule has 0 bridgehead atoms. The van der Waals surface area contributed by atoms with Crippen molar-refractivity contribution >= 4 is 22.9 Å². The van der Waals surface area contributed by atoms with E-state index in [1.165, 1.54) is 44.6 Å². The van der Waals surface area contributed by atoms with E-state index in [4.69, 9.17) is 15.2 Å². The first-order valence-electron chi connectivity index (χ1n) is 12.0. The van der Waals surface area contributed by atoms with Gasteiger partial charge in [-0.3, -0.25) is 9.36 Å². The van der Waals surface area contributed by atoms with Crippen LogP contribution in [-0.2, 0) is 11.3 Å². The first-order chi connectivity index (χ1) is 17.4. The van der Waals surface area contributed by atoms with Gasteiger partial charge in [-0.15, -0.1) is 0 Å². The monoisotopic (exact) mass is 494 g/mol. The SMILES string of the molecule is COc1ccccc1Cn1c(=O)c2ccc(C(=O)OCCCN3CCCCC3)cc2n(C(N)=O)c1=O. The Kier molecular flexibility index (Phi) is 7.84. The van der Waals surface area contributed by atoms with Crippen molar-refractivity contribution in [3.63, 3.8) is 0 Å². The molecule has 0 aliphatic carbocycles. The average Bonchev–Trinajstić information content (AvgIpc) is 2.89. The van der Waals surface area contributed by atoms with Gasteiger partial charge in [0, 0.05) is 12.1 Å². The third-order valence-corrected chi connectivity index (χ3v) is 6.41. The van der Waals surface area contributed by atoms with Crippen molar-refractivity contribution in [3.8, 4) is 5.75 Å². The lowest BCUT2D eigenvalue weighted by Crippen LogP contribution is -2.44. The van der Waals surface area contributed by atoms with Crippen molar-refractivity contribution in [1.29, 1.82) is 0 Å². The van der Waals surface area contributed by atoms with Gasteiger partial charge in [-0.05, 0) is 56.6 Å². The second-order valence-corrected chi connectivity index (χ2v) is 8.78. The number of carbonyl (C=O) groups excluding carboxylic acids is 2. The number of para-hydroxylation sites is 1.